The summed E-state index contributed by atoms with van der Waals surface area (Å²) in [5, 5.41) is 6.18. The van der Waals surface area contributed by atoms with Gasteiger partial charge in [0.1, 0.15) is 0 Å². The molecule has 12 heavy (non-hydrogen) atoms. The minimum absolute atomic E-state index is 0.891. The maximum Gasteiger partial charge on any atom is 0.0328 e. The second-order valence-corrected chi connectivity index (χ2v) is 2.16. The van der Waals surface area contributed by atoms with Crippen LogP contribution in [-0.4, -0.2) is 6.54 Å². The number of allylic oxidation sites excluding steroid dienone is 3. The van der Waals surface area contributed by atoms with Gasteiger partial charge >= 0.3 is 0 Å². The Morgan fingerprint density at radius 2 is 2.00 bits per heavy atom. The first-order valence-corrected chi connectivity index (χ1v) is 4.38. The van der Waals surface area contributed by atoms with Crippen LogP contribution < -0.4 is 10.6 Å². The molecule has 0 amide bonds. The third kappa shape index (κ3) is 5.59. The van der Waals surface area contributed by atoms with Crippen LogP contribution >= 0.6 is 0 Å². The molecular weight excluding hydrogens is 148 g/mol. The number of hydrogen-bond acceptors (Lipinski definition) is 2. The van der Waals surface area contributed by atoms with Crippen molar-refractivity contribution in [1.29, 1.82) is 0 Å². The van der Waals surface area contributed by atoms with Gasteiger partial charge < -0.3 is 10.6 Å². The average molecular weight is 166 g/mol. The van der Waals surface area contributed by atoms with Crippen molar-refractivity contribution in [3.8, 4) is 0 Å². The van der Waals surface area contributed by atoms with Crippen LogP contribution in [0.15, 0.2) is 36.3 Å². The molecule has 1 aliphatic rings. The molecule has 0 unspecified atom stereocenters. The lowest BCUT2D eigenvalue weighted by atomic mass is 10.4. The Hall–Kier alpha value is -1.18. The summed E-state index contributed by atoms with van der Waals surface area (Å²) in [5.41, 5.74) is 1.15. The number of rotatable bonds is 0. The van der Waals surface area contributed by atoms with Gasteiger partial charge in [-0.15, -0.1) is 0 Å². The van der Waals surface area contributed by atoms with E-state index in [1.54, 1.807) is 0 Å². The van der Waals surface area contributed by atoms with E-state index in [4.69, 9.17) is 0 Å². The van der Waals surface area contributed by atoms with Crippen molar-refractivity contribution in [3.05, 3.63) is 36.3 Å². The molecule has 1 heterocycles. The van der Waals surface area contributed by atoms with Gasteiger partial charge in [0.25, 0.3) is 0 Å². The van der Waals surface area contributed by atoms with E-state index < -0.39 is 0 Å². The summed E-state index contributed by atoms with van der Waals surface area (Å²) >= 11 is 0. The van der Waals surface area contributed by atoms with E-state index in [2.05, 4.69) is 16.7 Å². The lowest BCUT2D eigenvalue weighted by Gasteiger charge is -1.96. The van der Waals surface area contributed by atoms with Crippen LogP contribution in [0.2, 0.25) is 0 Å². The van der Waals surface area contributed by atoms with Gasteiger partial charge in [0, 0.05) is 24.6 Å². The number of hydrogen-bond donors (Lipinski definition) is 2. The standard InChI is InChI=1S/C8H12N2.C2H6/c1-8-4-2-3-5-9-6-7-10-8;1-2/h2-4,6-7,9-10H,5H2,1H3;1-2H3/b3-2-,7-6-,8-4-;. The van der Waals surface area contributed by atoms with Gasteiger partial charge in [-0.3, -0.25) is 0 Å². The average Bonchev–Trinajstić information content (AvgIpc) is 2.22. The molecule has 0 saturated heterocycles. The predicted molar refractivity (Wildman–Crippen MR) is 54.5 cm³/mol. The normalized spacial score (nSPS) is 24.8. The minimum Gasteiger partial charge on any atom is -0.386 e. The van der Waals surface area contributed by atoms with Crippen molar-refractivity contribution in [2.45, 2.75) is 20.8 Å². The second kappa shape index (κ2) is 7.92. The zero-order valence-electron chi connectivity index (χ0n) is 8.09. The molecule has 0 aliphatic carbocycles. The SMILES string of the molecule is C/C1=C/C=C\CN/C=C\N1.CC. The molecule has 0 aromatic rings. The van der Waals surface area contributed by atoms with Crippen molar-refractivity contribution in [2.24, 2.45) is 0 Å². The molecule has 0 saturated carbocycles. The molecule has 2 heteroatoms. The van der Waals surface area contributed by atoms with Crippen LogP contribution in [0.4, 0.5) is 0 Å². The fourth-order valence-corrected chi connectivity index (χ4v) is 0.697. The molecule has 68 valence electrons. The van der Waals surface area contributed by atoms with Crippen LogP contribution in [0, 0.1) is 0 Å². The zero-order valence-corrected chi connectivity index (χ0v) is 8.09. The van der Waals surface area contributed by atoms with Gasteiger partial charge in [-0.2, -0.15) is 0 Å². The molecule has 1 rings (SSSR count). The third-order valence-corrected chi connectivity index (χ3v) is 1.23. The van der Waals surface area contributed by atoms with E-state index in [0.717, 1.165) is 12.2 Å². The van der Waals surface area contributed by atoms with Gasteiger partial charge in [0.15, 0.2) is 0 Å². The van der Waals surface area contributed by atoms with Crippen molar-refractivity contribution < 1.29 is 0 Å². The Balaban J connectivity index is 0.000000561. The van der Waals surface area contributed by atoms with E-state index >= 15 is 0 Å². The van der Waals surface area contributed by atoms with E-state index in [0.29, 0.717) is 0 Å². The molecule has 2 N–H and O–H groups in total. The summed E-state index contributed by atoms with van der Waals surface area (Å²) in [7, 11) is 0. The van der Waals surface area contributed by atoms with Crippen molar-refractivity contribution in [3.63, 3.8) is 0 Å². The third-order valence-electron chi connectivity index (χ3n) is 1.23. The summed E-state index contributed by atoms with van der Waals surface area (Å²) in [6, 6.07) is 0. The minimum atomic E-state index is 0.891. The Morgan fingerprint density at radius 1 is 1.25 bits per heavy atom. The van der Waals surface area contributed by atoms with Gasteiger partial charge in [0.05, 0.1) is 0 Å². The Bertz CT molecular complexity index is 178. The van der Waals surface area contributed by atoms with E-state index in [-0.39, 0.29) is 0 Å². The lowest BCUT2D eigenvalue weighted by Crippen LogP contribution is -2.06. The monoisotopic (exact) mass is 166 g/mol. The molecule has 0 spiro atoms. The first-order valence-electron chi connectivity index (χ1n) is 4.38. The zero-order chi connectivity index (χ0) is 9.23. The summed E-state index contributed by atoms with van der Waals surface area (Å²) < 4.78 is 0. The summed E-state index contributed by atoms with van der Waals surface area (Å²) in [5.74, 6) is 0. The van der Waals surface area contributed by atoms with Gasteiger partial charge in [0.2, 0.25) is 0 Å². The Labute approximate surface area is 75.1 Å². The van der Waals surface area contributed by atoms with Crippen molar-refractivity contribution >= 4 is 0 Å². The van der Waals surface area contributed by atoms with E-state index in [9.17, 15) is 0 Å². The Kier molecular flexibility index (Phi) is 7.14. The van der Waals surface area contributed by atoms with Crippen molar-refractivity contribution in [1.82, 2.24) is 10.6 Å². The number of nitrogens with one attached hydrogen (secondary N) is 2. The summed E-state index contributed by atoms with van der Waals surface area (Å²) in [6.45, 7) is 6.92. The van der Waals surface area contributed by atoms with Crippen molar-refractivity contribution in [2.75, 3.05) is 6.54 Å². The fraction of sp³-hybridized carbons (Fsp3) is 0.400. The largest absolute Gasteiger partial charge is 0.386 e. The molecule has 0 fully saturated rings. The predicted octanol–water partition coefficient (Wildman–Crippen LogP) is 2.14. The lowest BCUT2D eigenvalue weighted by molar-refractivity contribution is 0.961. The smallest absolute Gasteiger partial charge is 0.0328 e. The Morgan fingerprint density at radius 3 is 2.75 bits per heavy atom. The molecule has 0 aromatic carbocycles. The van der Waals surface area contributed by atoms with E-state index in [1.807, 2.05) is 45.3 Å². The molecular formula is C10H18N2. The fourth-order valence-electron chi connectivity index (χ4n) is 0.697. The van der Waals surface area contributed by atoms with Crippen LogP contribution in [-0.2, 0) is 0 Å². The topological polar surface area (TPSA) is 24.1 Å². The quantitative estimate of drug-likeness (QED) is 0.576. The summed E-state index contributed by atoms with van der Waals surface area (Å²) in [6.07, 6.45) is 9.92. The van der Waals surface area contributed by atoms with Gasteiger partial charge in [-0.25, -0.2) is 0 Å². The molecule has 0 atom stereocenters. The van der Waals surface area contributed by atoms with E-state index in [1.165, 1.54) is 0 Å². The molecule has 0 bridgehead atoms. The molecule has 1 aliphatic heterocycles. The highest BCUT2D eigenvalue weighted by Gasteiger charge is 1.81. The first-order chi connectivity index (χ1) is 5.89. The van der Waals surface area contributed by atoms with Crippen LogP contribution in [0.25, 0.3) is 0 Å². The maximum atomic E-state index is 3.09. The van der Waals surface area contributed by atoms with Gasteiger partial charge in [-0.1, -0.05) is 26.0 Å². The highest BCUT2D eigenvalue weighted by Crippen LogP contribution is 1.88. The maximum absolute atomic E-state index is 3.09. The first kappa shape index (κ1) is 10.8. The molecule has 2 nitrogen and oxygen atoms in total. The van der Waals surface area contributed by atoms with Gasteiger partial charge in [-0.05, 0) is 13.0 Å². The highest BCUT2D eigenvalue weighted by molar-refractivity contribution is 5.12. The second-order valence-electron chi connectivity index (χ2n) is 2.16. The summed E-state index contributed by atoms with van der Waals surface area (Å²) in [4.78, 5) is 0. The molecule has 0 radical (unpaired) electrons. The highest BCUT2D eigenvalue weighted by atomic mass is 14.9. The van der Waals surface area contributed by atoms with Crippen LogP contribution in [0.5, 0.6) is 0 Å². The molecule has 0 aromatic heterocycles. The van der Waals surface area contributed by atoms with Crippen LogP contribution in [0.1, 0.15) is 20.8 Å². The van der Waals surface area contributed by atoms with Crippen LogP contribution in [0.3, 0.4) is 0 Å².